The minimum absolute atomic E-state index is 0.0415. The molecule has 1 amide bonds. The minimum atomic E-state index is -4.54. The van der Waals surface area contributed by atoms with Gasteiger partial charge >= 0.3 is 12.3 Å². The topological polar surface area (TPSA) is 106 Å². The summed E-state index contributed by atoms with van der Waals surface area (Å²) in [4.78, 5) is 21.2. The Kier molecular flexibility index (Phi) is 7.04. The number of pyridine rings is 2. The van der Waals surface area contributed by atoms with Crippen LogP contribution in [0.5, 0.6) is 5.88 Å². The molecule has 1 aliphatic heterocycles. The molecule has 8 nitrogen and oxygen atoms in total. The molecule has 0 spiro atoms. The molecule has 3 atom stereocenters. The molecule has 3 rings (SSSR count). The van der Waals surface area contributed by atoms with Crippen LogP contribution in [0.3, 0.4) is 0 Å². The molecule has 3 N–H and O–H groups in total. The normalized spacial score (nSPS) is 22.6. The third-order valence-corrected chi connectivity index (χ3v) is 5.58. The van der Waals surface area contributed by atoms with Crippen LogP contribution in [-0.2, 0) is 11.2 Å². The molecule has 2 aromatic heterocycles. The maximum atomic E-state index is 13.6. The van der Waals surface area contributed by atoms with Crippen LogP contribution in [0, 0.1) is 0 Å². The Morgan fingerprint density at radius 2 is 2.06 bits per heavy atom. The van der Waals surface area contributed by atoms with Crippen molar-refractivity contribution in [2.45, 2.75) is 69.5 Å². The van der Waals surface area contributed by atoms with Gasteiger partial charge in [0.25, 0.3) is 0 Å². The maximum Gasteiger partial charge on any atom is 0.408 e. The first-order valence-electron chi connectivity index (χ1n) is 10.6. The summed E-state index contributed by atoms with van der Waals surface area (Å²) in [6.07, 6.45) is -5.76. The molecular formula is C22H29F3N4O4. The van der Waals surface area contributed by atoms with Crippen LogP contribution in [0.2, 0.25) is 0 Å². The number of alkyl halides is 3. The van der Waals surface area contributed by atoms with Crippen molar-refractivity contribution in [3.05, 3.63) is 30.0 Å². The van der Waals surface area contributed by atoms with Gasteiger partial charge in [-0.05, 0) is 57.9 Å². The number of halogens is 3. The van der Waals surface area contributed by atoms with Crippen LogP contribution in [-0.4, -0.2) is 64.3 Å². The summed E-state index contributed by atoms with van der Waals surface area (Å²) in [6, 6.07) is 3.10. The van der Waals surface area contributed by atoms with Crippen LogP contribution in [0.4, 0.5) is 18.0 Å². The van der Waals surface area contributed by atoms with Gasteiger partial charge in [-0.15, -0.1) is 0 Å². The number of fused-ring (bicyclic) bond motifs is 1. The number of rotatable bonds is 5. The summed E-state index contributed by atoms with van der Waals surface area (Å²) in [5.74, 6) is 0.340. The van der Waals surface area contributed by atoms with Gasteiger partial charge in [-0.2, -0.15) is 13.2 Å². The number of hydrogen-bond donors (Lipinski definition) is 3. The fourth-order valence-corrected chi connectivity index (χ4v) is 3.99. The molecule has 33 heavy (non-hydrogen) atoms. The van der Waals surface area contributed by atoms with Crippen molar-refractivity contribution in [2.75, 3.05) is 13.7 Å². The van der Waals surface area contributed by atoms with E-state index in [9.17, 15) is 23.1 Å². The van der Waals surface area contributed by atoms with Gasteiger partial charge in [0.05, 0.1) is 29.8 Å². The number of nitrogens with one attached hydrogen (secondary N) is 2. The molecule has 0 bridgehead atoms. The van der Waals surface area contributed by atoms with Crippen molar-refractivity contribution >= 4 is 17.1 Å². The van der Waals surface area contributed by atoms with Crippen molar-refractivity contribution in [3.8, 4) is 5.88 Å². The summed E-state index contributed by atoms with van der Waals surface area (Å²) in [6.45, 7) is 4.91. The van der Waals surface area contributed by atoms with Gasteiger partial charge in [0.1, 0.15) is 11.6 Å². The quantitative estimate of drug-likeness (QED) is 0.617. The predicted octanol–water partition coefficient (Wildman–Crippen LogP) is 3.12. The number of ether oxygens (including phenoxy) is 2. The zero-order chi connectivity index (χ0) is 24.4. The predicted molar refractivity (Wildman–Crippen MR) is 115 cm³/mol. The molecule has 3 heterocycles. The van der Waals surface area contributed by atoms with Crippen molar-refractivity contribution in [1.29, 1.82) is 0 Å². The molecule has 11 heteroatoms. The Bertz CT molecular complexity index is 996. The molecule has 0 aromatic carbocycles. The fourth-order valence-electron chi connectivity index (χ4n) is 3.99. The molecule has 0 saturated carbocycles. The zero-order valence-electron chi connectivity index (χ0n) is 19.0. The van der Waals surface area contributed by atoms with Crippen LogP contribution < -0.4 is 15.4 Å². The van der Waals surface area contributed by atoms with Gasteiger partial charge in [-0.3, -0.25) is 4.98 Å². The third-order valence-electron chi connectivity index (χ3n) is 5.58. The Morgan fingerprint density at radius 3 is 2.70 bits per heavy atom. The van der Waals surface area contributed by atoms with E-state index in [0.29, 0.717) is 22.5 Å². The number of nitrogens with zero attached hydrogens (tertiary/aromatic N) is 2. The molecule has 182 valence electrons. The summed E-state index contributed by atoms with van der Waals surface area (Å²) in [7, 11) is 1.46. The van der Waals surface area contributed by atoms with Crippen molar-refractivity contribution in [2.24, 2.45) is 0 Å². The molecule has 1 fully saturated rings. The number of carbonyl (C=O) groups excluding carboxylic acids is 1. The van der Waals surface area contributed by atoms with Crippen LogP contribution >= 0.6 is 0 Å². The second kappa shape index (κ2) is 9.30. The molecule has 2 aromatic rings. The van der Waals surface area contributed by atoms with Gasteiger partial charge in [0.2, 0.25) is 5.88 Å². The smallest absolute Gasteiger partial charge is 0.408 e. The fraction of sp³-hybridized carbons (Fsp3) is 0.591. The van der Waals surface area contributed by atoms with Gasteiger partial charge in [0.15, 0.2) is 0 Å². The molecule has 0 radical (unpaired) electrons. The average molecular weight is 470 g/mol. The number of methoxy groups -OCH3 is 1. The lowest BCUT2D eigenvalue weighted by atomic mass is 9.77. The summed E-state index contributed by atoms with van der Waals surface area (Å²) < 4.78 is 51.1. The third kappa shape index (κ3) is 6.02. The van der Waals surface area contributed by atoms with Gasteiger partial charge < -0.3 is 25.2 Å². The second-order valence-corrected chi connectivity index (χ2v) is 9.20. The highest BCUT2D eigenvalue weighted by atomic mass is 19.4. The van der Waals surface area contributed by atoms with E-state index >= 15 is 0 Å². The van der Waals surface area contributed by atoms with Crippen molar-refractivity contribution < 1.29 is 32.5 Å². The molecular weight excluding hydrogens is 441 g/mol. The van der Waals surface area contributed by atoms with Gasteiger partial charge in [-0.25, -0.2) is 9.78 Å². The van der Waals surface area contributed by atoms with Crippen LogP contribution in [0.15, 0.2) is 24.4 Å². The largest absolute Gasteiger partial charge is 0.481 e. The highest BCUT2D eigenvalue weighted by molar-refractivity contribution is 5.78. The molecule has 1 saturated heterocycles. The lowest BCUT2D eigenvalue weighted by molar-refractivity contribution is -0.170. The number of aliphatic hydroxyl groups is 1. The first kappa shape index (κ1) is 25.0. The van der Waals surface area contributed by atoms with Crippen LogP contribution in [0.25, 0.3) is 11.0 Å². The number of aromatic nitrogens is 2. The van der Waals surface area contributed by atoms with E-state index in [4.69, 9.17) is 9.47 Å². The number of piperidine rings is 1. The number of aliphatic hydroxyl groups excluding tert-OH is 1. The Hall–Kier alpha value is -2.66. The number of amides is 1. The lowest BCUT2D eigenvalue weighted by Gasteiger charge is -2.45. The van der Waals surface area contributed by atoms with E-state index < -0.39 is 42.0 Å². The standard InChI is InChI=1S/C22H29F3N4O4/c1-20(2,3)33-19(31)29-21(8-10-27-15(12-21)22(23,24)25)16(30)11-13-7-9-26-14-5-6-17(32-4)28-18(13)14/h5-7,9,15-16,27,30H,8,10-12H2,1-4H3,(H,29,31)/t15-,16+,21-/m0/s1. The Labute approximate surface area is 189 Å². The minimum Gasteiger partial charge on any atom is -0.481 e. The highest BCUT2D eigenvalue weighted by Crippen LogP contribution is 2.35. The van der Waals surface area contributed by atoms with Gasteiger partial charge in [0, 0.05) is 18.7 Å². The zero-order valence-corrected chi connectivity index (χ0v) is 19.0. The number of hydrogen-bond acceptors (Lipinski definition) is 7. The van der Waals surface area contributed by atoms with Gasteiger partial charge in [-0.1, -0.05) is 0 Å². The molecule has 0 unspecified atom stereocenters. The SMILES string of the molecule is COc1ccc2nccc(C[C@@H](O)[C@]3(NC(=O)OC(C)(C)C)CCN[C@H](C(F)(F)F)C3)c2n1. The average Bonchev–Trinajstić information content (AvgIpc) is 2.71. The Morgan fingerprint density at radius 1 is 1.33 bits per heavy atom. The first-order chi connectivity index (χ1) is 15.3. The van der Waals surface area contributed by atoms with E-state index in [2.05, 4.69) is 20.6 Å². The monoisotopic (exact) mass is 470 g/mol. The molecule has 1 aliphatic rings. The maximum absolute atomic E-state index is 13.6. The highest BCUT2D eigenvalue weighted by Gasteiger charge is 2.51. The Balaban J connectivity index is 1.95. The van der Waals surface area contributed by atoms with E-state index in [0.717, 1.165) is 0 Å². The number of carbonyl (C=O) groups is 1. The molecule has 0 aliphatic carbocycles. The number of alkyl carbamates (subject to hydrolysis) is 1. The summed E-state index contributed by atoms with van der Waals surface area (Å²) in [5, 5.41) is 16.3. The van der Waals surface area contributed by atoms with E-state index in [-0.39, 0.29) is 19.4 Å². The lowest BCUT2D eigenvalue weighted by Crippen LogP contribution is -2.66. The first-order valence-corrected chi connectivity index (χ1v) is 10.6. The summed E-state index contributed by atoms with van der Waals surface area (Å²) >= 11 is 0. The summed E-state index contributed by atoms with van der Waals surface area (Å²) in [5.41, 5.74) is -0.840. The van der Waals surface area contributed by atoms with Crippen molar-refractivity contribution in [3.63, 3.8) is 0 Å². The van der Waals surface area contributed by atoms with E-state index in [1.807, 2.05) is 0 Å². The van der Waals surface area contributed by atoms with Crippen molar-refractivity contribution in [1.82, 2.24) is 20.6 Å². The van der Waals surface area contributed by atoms with E-state index in [1.165, 1.54) is 13.3 Å². The van der Waals surface area contributed by atoms with E-state index in [1.54, 1.807) is 39.0 Å². The second-order valence-electron chi connectivity index (χ2n) is 9.20. The van der Waals surface area contributed by atoms with Crippen LogP contribution in [0.1, 0.15) is 39.2 Å².